The predicted molar refractivity (Wildman–Crippen MR) is 114 cm³/mol. The van der Waals surface area contributed by atoms with Crippen LogP contribution in [0.1, 0.15) is 36.6 Å². The smallest absolute Gasteiger partial charge is 0.305 e. The number of esters is 1. The van der Waals surface area contributed by atoms with Crippen LogP contribution in [-0.4, -0.2) is 22.9 Å². The third kappa shape index (κ3) is 4.95. The number of aryl methyl sites for hydroxylation is 2. The van der Waals surface area contributed by atoms with E-state index in [1.165, 1.54) is 32.6 Å². The van der Waals surface area contributed by atoms with Crippen LogP contribution in [0, 0.1) is 13.8 Å². The summed E-state index contributed by atoms with van der Waals surface area (Å²) < 4.78 is 7.38. The van der Waals surface area contributed by atoms with E-state index in [0.29, 0.717) is 13.0 Å². The Kier molecular flexibility index (Phi) is 6.62. The molecule has 27 heavy (non-hydrogen) atoms. The van der Waals surface area contributed by atoms with Crippen molar-refractivity contribution < 1.29 is 9.53 Å². The van der Waals surface area contributed by atoms with Gasteiger partial charge in [-0.3, -0.25) is 4.79 Å². The van der Waals surface area contributed by atoms with Crippen molar-refractivity contribution in [3.63, 3.8) is 0 Å². The number of aromatic nitrogens is 1. The average molecular weight is 382 g/mol. The largest absolute Gasteiger partial charge is 0.466 e. The lowest BCUT2D eigenvalue weighted by Gasteiger charge is -2.11. The van der Waals surface area contributed by atoms with Crippen LogP contribution in [0.4, 0.5) is 0 Å². The number of thioether (sulfide) groups is 1. The summed E-state index contributed by atoms with van der Waals surface area (Å²) in [6.07, 6.45) is 1.34. The van der Waals surface area contributed by atoms with Gasteiger partial charge in [-0.2, -0.15) is 0 Å². The van der Waals surface area contributed by atoms with E-state index >= 15 is 0 Å². The first kappa shape index (κ1) is 19.6. The molecule has 0 amide bonds. The van der Waals surface area contributed by atoms with E-state index in [0.717, 1.165) is 18.7 Å². The summed E-state index contributed by atoms with van der Waals surface area (Å²) in [5, 5.41) is 1.29. The molecular weight excluding hydrogens is 354 g/mol. The minimum atomic E-state index is -0.0988. The topological polar surface area (TPSA) is 31.2 Å². The molecule has 3 nitrogen and oxygen atoms in total. The quantitative estimate of drug-likeness (QED) is 0.283. The SMILES string of the molecule is CCOC(=O)CCCSc1cc(C)c2c(c1)cc(C)n2Cc1ccccc1. The molecule has 4 heteroatoms. The molecule has 0 fully saturated rings. The van der Waals surface area contributed by atoms with Crippen LogP contribution in [-0.2, 0) is 16.1 Å². The summed E-state index contributed by atoms with van der Waals surface area (Å²) in [6, 6.07) is 17.4. The van der Waals surface area contributed by atoms with Crippen molar-refractivity contribution in [2.45, 2.75) is 45.1 Å². The van der Waals surface area contributed by atoms with Crippen molar-refractivity contribution in [2.75, 3.05) is 12.4 Å². The van der Waals surface area contributed by atoms with Crippen LogP contribution >= 0.6 is 11.8 Å². The fourth-order valence-corrected chi connectivity index (χ4v) is 4.42. The number of carbonyl (C=O) groups is 1. The van der Waals surface area contributed by atoms with Gasteiger partial charge in [-0.05, 0) is 62.3 Å². The fourth-order valence-electron chi connectivity index (χ4n) is 3.42. The molecule has 1 heterocycles. The van der Waals surface area contributed by atoms with Gasteiger partial charge in [0.15, 0.2) is 0 Å². The van der Waals surface area contributed by atoms with Gasteiger partial charge in [0, 0.05) is 28.9 Å². The molecule has 0 radical (unpaired) electrons. The van der Waals surface area contributed by atoms with Crippen LogP contribution in [0.2, 0.25) is 0 Å². The average Bonchev–Trinajstić information content (AvgIpc) is 2.96. The van der Waals surface area contributed by atoms with Crippen LogP contribution < -0.4 is 0 Å². The Morgan fingerprint density at radius 3 is 2.63 bits per heavy atom. The van der Waals surface area contributed by atoms with E-state index in [1.807, 2.05) is 18.7 Å². The van der Waals surface area contributed by atoms with E-state index in [-0.39, 0.29) is 5.97 Å². The number of fused-ring (bicyclic) bond motifs is 1. The normalized spacial score (nSPS) is 11.1. The van der Waals surface area contributed by atoms with E-state index in [4.69, 9.17) is 4.74 Å². The molecule has 3 aromatic rings. The Morgan fingerprint density at radius 2 is 1.89 bits per heavy atom. The second kappa shape index (κ2) is 9.14. The third-order valence-corrected chi connectivity index (χ3v) is 5.71. The van der Waals surface area contributed by atoms with Gasteiger partial charge in [-0.1, -0.05) is 30.3 Å². The third-order valence-electron chi connectivity index (χ3n) is 4.65. The lowest BCUT2D eigenvalue weighted by Crippen LogP contribution is -2.03. The van der Waals surface area contributed by atoms with Gasteiger partial charge < -0.3 is 9.30 Å². The molecule has 2 aromatic carbocycles. The van der Waals surface area contributed by atoms with Crippen molar-refractivity contribution in [2.24, 2.45) is 0 Å². The molecule has 1 aromatic heterocycles. The standard InChI is InChI=1S/C23H27NO2S/c1-4-26-22(25)11-8-12-27-21-13-17(2)23-20(15-21)14-18(3)24(23)16-19-9-6-5-7-10-19/h5-7,9-10,13-15H,4,8,11-12,16H2,1-3H3. The van der Waals surface area contributed by atoms with E-state index in [9.17, 15) is 4.79 Å². The molecule has 0 aliphatic rings. The van der Waals surface area contributed by atoms with Gasteiger partial charge in [0.25, 0.3) is 0 Å². The summed E-state index contributed by atoms with van der Waals surface area (Å²) in [4.78, 5) is 12.7. The molecule has 0 saturated carbocycles. The summed E-state index contributed by atoms with van der Waals surface area (Å²) in [6.45, 7) is 7.56. The number of benzene rings is 2. The minimum Gasteiger partial charge on any atom is -0.466 e. The lowest BCUT2D eigenvalue weighted by molar-refractivity contribution is -0.143. The first-order valence-electron chi connectivity index (χ1n) is 9.51. The molecule has 0 bridgehead atoms. The minimum absolute atomic E-state index is 0.0988. The molecule has 0 saturated heterocycles. The second-order valence-corrected chi connectivity index (χ2v) is 7.96. The van der Waals surface area contributed by atoms with Gasteiger partial charge in [-0.25, -0.2) is 0 Å². The van der Waals surface area contributed by atoms with Crippen LogP contribution in [0.25, 0.3) is 10.9 Å². The number of rotatable bonds is 8. The van der Waals surface area contributed by atoms with Gasteiger partial charge in [0.1, 0.15) is 0 Å². The van der Waals surface area contributed by atoms with Crippen molar-refractivity contribution in [1.82, 2.24) is 4.57 Å². The summed E-state index contributed by atoms with van der Waals surface area (Å²) in [5.41, 5.74) is 5.20. The Hall–Kier alpha value is -2.20. The molecule has 0 aliphatic heterocycles. The van der Waals surface area contributed by atoms with Crippen molar-refractivity contribution >= 4 is 28.6 Å². The molecule has 0 N–H and O–H groups in total. The zero-order chi connectivity index (χ0) is 19.2. The Labute approximate surface area is 165 Å². The Balaban J connectivity index is 1.73. The Bertz CT molecular complexity index is 915. The monoisotopic (exact) mass is 381 g/mol. The molecule has 3 rings (SSSR count). The zero-order valence-electron chi connectivity index (χ0n) is 16.3. The molecule has 0 spiro atoms. The van der Waals surface area contributed by atoms with Crippen molar-refractivity contribution in [3.8, 4) is 0 Å². The highest BCUT2D eigenvalue weighted by atomic mass is 32.2. The molecule has 0 unspecified atom stereocenters. The maximum absolute atomic E-state index is 11.4. The van der Waals surface area contributed by atoms with Crippen molar-refractivity contribution in [1.29, 1.82) is 0 Å². The van der Waals surface area contributed by atoms with Crippen LogP contribution in [0.5, 0.6) is 0 Å². The Morgan fingerprint density at radius 1 is 1.11 bits per heavy atom. The zero-order valence-corrected chi connectivity index (χ0v) is 17.1. The molecule has 0 atom stereocenters. The van der Waals surface area contributed by atoms with E-state index < -0.39 is 0 Å². The number of nitrogens with zero attached hydrogens (tertiary/aromatic N) is 1. The van der Waals surface area contributed by atoms with Crippen LogP contribution in [0.3, 0.4) is 0 Å². The number of hydrogen-bond donors (Lipinski definition) is 0. The first-order valence-corrected chi connectivity index (χ1v) is 10.5. The van der Waals surface area contributed by atoms with Gasteiger partial charge in [-0.15, -0.1) is 11.8 Å². The summed E-state index contributed by atoms with van der Waals surface area (Å²) >= 11 is 1.81. The highest BCUT2D eigenvalue weighted by molar-refractivity contribution is 7.99. The predicted octanol–water partition coefficient (Wildman–Crippen LogP) is 5.74. The summed E-state index contributed by atoms with van der Waals surface area (Å²) in [5.74, 6) is 0.825. The maximum atomic E-state index is 11.4. The number of hydrogen-bond acceptors (Lipinski definition) is 3. The maximum Gasteiger partial charge on any atom is 0.305 e. The van der Waals surface area contributed by atoms with Gasteiger partial charge in [0.05, 0.1) is 12.1 Å². The van der Waals surface area contributed by atoms with Gasteiger partial charge >= 0.3 is 5.97 Å². The molecule has 142 valence electrons. The second-order valence-electron chi connectivity index (χ2n) is 6.79. The summed E-state index contributed by atoms with van der Waals surface area (Å²) in [7, 11) is 0. The first-order chi connectivity index (χ1) is 13.1. The fraction of sp³-hybridized carbons (Fsp3) is 0.348. The van der Waals surface area contributed by atoms with Gasteiger partial charge in [0.2, 0.25) is 0 Å². The highest BCUT2D eigenvalue weighted by Crippen LogP contribution is 2.30. The number of carbonyl (C=O) groups excluding carboxylic acids is 1. The molecule has 0 aliphatic carbocycles. The van der Waals surface area contributed by atoms with E-state index in [2.05, 4.69) is 66.9 Å². The van der Waals surface area contributed by atoms with Crippen molar-refractivity contribution in [3.05, 3.63) is 65.4 Å². The number of ether oxygens (including phenoxy) is 1. The van der Waals surface area contributed by atoms with E-state index in [1.54, 1.807) is 0 Å². The lowest BCUT2D eigenvalue weighted by atomic mass is 10.1. The van der Waals surface area contributed by atoms with Crippen LogP contribution in [0.15, 0.2) is 53.4 Å². The molecular formula is C23H27NO2S. The highest BCUT2D eigenvalue weighted by Gasteiger charge is 2.11.